The summed E-state index contributed by atoms with van der Waals surface area (Å²) in [6, 6.07) is 5.27. The van der Waals surface area contributed by atoms with E-state index >= 15 is 0 Å². The molecule has 6 nitrogen and oxygen atoms in total. The first-order valence-corrected chi connectivity index (χ1v) is 5.69. The summed E-state index contributed by atoms with van der Waals surface area (Å²) >= 11 is 0. The molecule has 0 N–H and O–H groups in total. The van der Waals surface area contributed by atoms with Gasteiger partial charge >= 0.3 is 0 Å². The molecule has 2 rings (SSSR count). The third kappa shape index (κ3) is 1.95. The zero-order valence-electron chi connectivity index (χ0n) is 10.9. The van der Waals surface area contributed by atoms with Gasteiger partial charge in [-0.3, -0.25) is 14.9 Å². The van der Waals surface area contributed by atoms with Crippen molar-refractivity contribution in [3.05, 3.63) is 46.2 Å². The number of fused-ring (bicyclic) bond motifs is 1. The van der Waals surface area contributed by atoms with Gasteiger partial charge in [-0.15, -0.1) is 0 Å². The predicted octanol–water partition coefficient (Wildman–Crippen LogP) is 1.72. The maximum Gasteiger partial charge on any atom is 0.241 e. The largest absolute Gasteiger partial charge is 0.497 e. The second kappa shape index (κ2) is 4.38. The molecule has 0 bridgehead atoms. The molecule has 0 spiro atoms. The fourth-order valence-electron chi connectivity index (χ4n) is 2.29. The molecule has 0 fully saturated rings. The van der Waals surface area contributed by atoms with Crippen LogP contribution in [-0.2, 0) is 10.2 Å². The van der Waals surface area contributed by atoms with E-state index in [1.165, 1.54) is 18.1 Å². The van der Waals surface area contributed by atoms with Crippen LogP contribution in [0.3, 0.4) is 0 Å². The lowest BCUT2D eigenvalue weighted by Crippen LogP contribution is -2.34. The zero-order chi connectivity index (χ0) is 14.2. The number of hydrogen-bond donors (Lipinski definition) is 0. The van der Waals surface area contributed by atoms with E-state index in [1.807, 2.05) is 0 Å². The Bertz CT molecular complexity index is 582. The summed E-state index contributed by atoms with van der Waals surface area (Å²) in [7, 11) is 3.19. The van der Waals surface area contributed by atoms with Crippen LogP contribution in [0.1, 0.15) is 12.5 Å². The van der Waals surface area contributed by atoms with Gasteiger partial charge in [0.05, 0.1) is 17.4 Å². The van der Waals surface area contributed by atoms with Gasteiger partial charge in [-0.2, -0.15) is 0 Å². The SMILES string of the molecule is COc1ccc2c(c1)C(C)(/C=C/[N+](=O)[O-])C(=O)N2C. The van der Waals surface area contributed by atoms with Gasteiger partial charge in [-0.25, -0.2) is 0 Å². The Hall–Kier alpha value is -2.37. The lowest BCUT2D eigenvalue weighted by atomic mass is 9.83. The van der Waals surface area contributed by atoms with Crippen LogP contribution >= 0.6 is 0 Å². The molecule has 6 heteroatoms. The van der Waals surface area contributed by atoms with Crippen LogP contribution in [0.2, 0.25) is 0 Å². The number of ether oxygens (including phenoxy) is 1. The Labute approximate surface area is 110 Å². The van der Waals surface area contributed by atoms with Gasteiger partial charge in [0.1, 0.15) is 5.75 Å². The highest BCUT2D eigenvalue weighted by molar-refractivity contribution is 6.09. The number of nitro groups is 1. The van der Waals surface area contributed by atoms with E-state index in [1.54, 1.807) is 32.2 Å². The molecule has 1 aromatic rings. The van der Waals surface area contributed by atoms with Gasteiger partial charge < -0.3 is 9.64 Å². The molecule has 0 aromatic heterocycles. The number of amides is 1. The maximum absolute atomic E-state index is 12.3. The molecule has 1 heterocycles. The summed E-state index contributed by atoms with van der Waals surface area (Å²) in [6.45, 7) is 1.66. The van der Waals surface area contributed by atoms with Crippen molar-refractivity contribution in [2.24, 2.45) is 0 Å². The molecule has 0 saturated carbocycles. The highest BCUT2D eigenvalue weighted by Gasteiger charge is 2.45. The van der Waals surface area contributed by atoms with Crippen molar-refractivity contribution in [1.29, 1.82) is 0 Å². The molecule has 1 aliphatic rings. The van der Waals surface area contributed by atoms with Crippen molar-refractivity contribution in [2.45, 2.75) is 12.3 Å². The maximum atomic E-state index is 12.3. The van der Waals surface area contributed by atoms with Gasteiger partial charge in [0.25, 0.3) is 0 Å². The van der Waals surface area contributed by atoms with E-state index in [2.05, 4.69) is 0 Å². The highest BCUT2D eigenvalue weighted by Crippen LogP contribution is 2.43. The van der Waals surface area contributed by atoms with Crippen LogP contribution < -0.4 is 9.64 Å². The van der Waals surface area contributed by atoms with E-state index in [0.29, 0.717) is 11.3 Å². The topological polar surface area (TPSA) is 72.7 Å². The second-order valence-electron chi connectivity index (χ2n) is 4.55. The number of rotatable bonds is 3. The monoisotopic (exact) mass is 262 g/mol. The van der Waals surface area contributed by atoms with Gasteiger partial charge in [0.15, 0.2) is 0 Å². The smallest absolute Gasteiger partial charge is 0.241 e. The molecule has 19 heavy (non-hydrogen) atoms. The van der Waals surface area contributed by atoms with Crippen molar-refractivity contribution in [3.8, 4) is 5.75 Å². The number of nitrogens with zero attached hydrogens (tertiary/aromatic N) is 2. The van der Waals surface area contributed by atoms with Crippen LogP contribution in [0.15, 0.2) is 30.5 Å². The predicted molar refractivity (Wildman–Crippen MR) is 69.9 cm³/mol. The van der Waals surface area contributed by atoms with E-state index in [0.717, 1.165) is 11.9 Å². The minimum atomic E-state index is -1.04. The van der Waals surface area contributed by atoms with Gasteiger partial charge in [-0.05, 0) is 30.7 Å². The van der Waals surface area contributed by atoms with Gasteiger partial charge in [0, 0.05) is 18.8 Å². The lowest BCUT2D eigenvalue weighted by molar-refractivity contribution is -0.402. The second-order valence-corrected chi connectivity index (χ2v) is 4.55. The molecular formula is C13H14N2O4. The molecule has 0 saturated heterocycles. The molecule has 1 aliphatic heterocycles. The first kappa shape index (κ1) is 13.1. The Kier molecular flexibility index (Phi) is 3.01. The number of benzene rings is 1. The number of likely N-dealkylation sites (N-methyl/N-ethyl adjacent to an activating group) is 1. The minimum Gasteiger partial charge on any atom is -0.497 e. The quantitative estimate of drug-likeness (QED) is 0.614. The van der Waals surface area contributed by atoms with Gasteiger partial charge in [0.2, 0.25) is 12.1 Å². The fourth-order valence-corrected chi connectivity index (χ4v) is 2.29. The van der Waals surface area contributed by atoms with E-state index < -0.39 is 10.3 Å². The Morgan fingerprint density at radius 3 is 2.74 bits per heavy atom. The van der Waals surface area contributed by atoms with Crippen molar-refractivity contribution in [2.75, 3.05) is 19.1 Å². The molecule has 1 aromatic carbocycles. The number of hydrogen-bond acceptors (Lipinski definition) is 4. The van der Waals surface area contributed by atoms with Crippen molar-refractivity contribution in [3.63, 3.8) is 0 Å². The number of anilines is 1. The van der Waals surface area contributed by atoms with E-state index in [-0.39, 0.29) is 5.91 Å². The van der Waals surface area contributed by atoms with Crippen LogP contribution in [0, 0.1) is 10.1 Å². The first-order valence-electron chi connectivity index (χ1n) is 5.69. The molecular weight excluding hydrogens is 248 g/mol. The minimum absolute atomic E-state index is 0.200. The summed E-state index contributed by atoms with van der Waals surface area (Å²) in [5.74, 6) is 0.413. The molecule has 0 aliphatic carbocycles. The zero-order valence-corrected chi connectivity index (χ0v) is 10.9. The van der Waals surface area contributed by atoms with Crippen LogP contribution in [0.5, 0.6) is 5.75 Å². The van der Waals surface area contributed by atoms with E-state index in [9.17, 15) is 14.9 Å². The summed E-state index contributed by atoms with van der Waals surface area (Å²) in [4.78, 5) is 23.7. The first-order chi connectivity index (χ1) is 8.90. The number of carbonyl (C=O) groups is 1. The summed E-state index contributed by atoms with van der Waals surface area (Å²) in [5.41, 5.74) is 0.407. The highest BCUT2D eigenvalue weighted by atomic mass is 16.6. The molecule has 0 radical (unpaired) electrons. The molecule has 1 unspecified atom stereocenters. The third-order valence-corrected chi connectivity index (χ3v) is 3.40. The van der Waals surface area contributed by atoms with Crippen LogP contribution in [0.25, 0.3) is 0 Å². The normalized spacial score (nSPS) is 21.8. The average Bonchev–Trinajstić information content (AvgIpc) is 2.59. The van der Waals surface area contributed by atoms with Crippen molar-refractivity contribution >= 4 is 11.6 Å². The van der Waals surface area contributed by atoms with Gasteiger partial charge in [-0.1, -0.05) is 0 Å². The van der Waals surface area contributed by atoms with Crippen LogP contribution in [-0.4, -0.2) is 25.0 Å². The number of carbonyl (C=O) groups excluding carboxylic acids is 1. The summed E-state index contributed by atoms with van der Waals surface area (Å²) < 4.78 is 5.14. The van der Waals surface area contributed by atoms with Crippen LogP contribution in [0.4, 0.5) is 5.69 Å². The average molecular weight is 262 g/mol. The Morgan fingerprint density at radius 2 is 2.16 bits per heavy atom. The third-order valence-electron chi connectivity index (χ3n) is 3.40. The Balaban J connectivity index is 2.59. The fraction of sp³-hybridized carbons (Fsp3) is 0.308. The number of methoxy groups -OCH3 is 1. The molecule has 1 atom stereocenters. The standard InChI is InChI=1S/C13H14N2O4/c1-13(6-7-15(17)18)10-8-9(19-3)4-5-11(10)14(2)12(13)16/h4-8H,1-3H3/b7-6+. The lowest BCUT2D eigenvalue weighted by Gasteiger charge is -2.17. The Morgan fingerprint density at radius 1 is 1.47 bits per heavy atom. The van der Waals surface area contributed by atoms with Crippen molar-refractivity contribution in [1.82, 2.24) is 0 Å². The van der Waals surface area contributed by atoms with Crippen molar-refractivity contribution < 1.29 is 14.5 Å². The molecule has 1 amide bonds. The van der Waals surface area contributed by atoms with E-state index in [4.69, 9.17) is 4.74 Å². The molecule has 100 valence electrons. The summed E-state index contributed by atoms with van der Waals surface area (Å²) in [5, 5.41) is 10.5. The summed E-state index contributed by atoms with van der Waals surface area (Å²) in [6.07, 6.45) is 2.12.